The Balaban J connectivity index is 3.13. The normalized spacial score (nSPS) is 12.1. The number of ether oxygens (including phenoxy) is 1. The molecule has 1 rings (SSSR count). The van der Waals surface area contributed by atoms with E-state index >= 15 is 0 Å². The molecule has 0 aromatic heterocycles. The van der Waals surface area contributed by atoms with E-state index in [0.29, 0.717) is 19.5 Å². The van der Waals surface area contributed by atoms with Gasteiger partial charge in [-0.25, -0.2) is 4.79 Å². The maximum atomic E-state index is 13.3. The van der Waals surface area contributed by atoms with E-state index in [1.807, 2.05) is 39.0 Å². The van der Waals surface area contributed by atoms with E-state index < -0.39 is 17.7 Å². The van der Waals surface area contributed by atoms with Crippen molar-refractivity contribution < 1.29 is 19.1 Å². The van der Waals surface area contributed by atoms with Crippen LogP contribution >= 0.6 is 0 Å². The van der Waals surface area contributed by atoms with Crippen LogP contribution in [0.5, 0.6) is 0 Å². The fourth-order valence-electron chi connectivity index (χ4n) is 3.47. The molecular weight excluding hydrogens is 406 g/mol. The first kappa shape index (κ1) is 27.5. The van der Waals surface area contributed by atoms with Crippen LogP contribution in [-0.2, 0) is 14.3 Å². The van der Waals surface area contributed by atoms with Gasteiger partial charge in [0.2, 0.25) is 11.8 Å². The standard InChI is InChI=1S/C25H41N3O4/c1-8-10-11-14-26-23(30)22(20-13-12-18(3)16-19(20)4)28(15-9-2)21(29)17-27-24(31)32-25(5,6)7/h12-13,16,22H,8-11,14-15,17H2,1-7H3,(H,26,30)(H,27,31). The highest BCUT2D eigenvalue weighted by Gasteiger charge is 2.32. The molecule has 0 aliphatic heterocycles. The third-order valence-electron chi connectivity index (χ3n) is 4.93. The molecule has 0 radical (unpaired) electrons. The van der Waals surface area contributed by atoms with E-state index in [1.54, 1.807) is 25.7 Å². The Morgan fingerprint density at radius 1 is 1.03 bits per heavy atom. The second kappa shape index (κ2) is 13.1. The van der Waals surface area contributed by atoms with Crippen molar-refractivity contribution in [3.63, 3.8) is 0 Å². The van der Waals surface area contributed by atoms with Crippen LogP contribution in [0.25, 0.3) is 0 Å². The molecule has 0 fully saturated rings. The Labute approximate surface area is 193 Å². The summed E-state index contributed by atoms with van der Waals surface area (Å²) in [5.41, 5.74) is 2.18. The van der Waals surface area contributed by atoms with Gasteiger partial charge in [-0.05, 0) is 58.6 Å². The predicted molar refractivity (Wildman–Crippen MR) is 127 cm³/mol. The highest BCUT2D eigenvalue weighted by Crippen LogP contribution is 2.26. The third-order valence-corrected chi connectivity index (χ3v) is 4.93. The molecule has 1 aromatic rings. The first-order valence-electron chi connectivity index (χ1n) is 11.6. The summed E-state index contributed by atoms with van der Waals surface area (Å²) in [6, 6.07) is 5.12. The van der Waals surface area contributed by atoms with Crippen molar-refractivity contribution in [3.8, 4) is 0 Å². The first-order valence-corrected chi connectivity index (χ1v) is 11.6. The number of carbonyl (C=O) groups excluding carboxylic acids is 3. The monoisotopic (exact) mass is 447 g/mol. The number of benzene rings is 1. The van der Waals surface area contributed by atoms with E-state index in [2.05, 4.69) is 17.6 Å². The zero-order valence-corrected chi connectivity index (χ0v) is 20.8. The molecule has 7 nitrogen and oxygen atoms in total. The molecule has 0 spiro atoms. The molecule has 180 valence electrons. The van der Waals surface area contributed by atoms with Crippen LogP contribution < -0.4 is 10.6 Å². The molecule has 1 atom stereocenters. The van der Waals surface area contributed by atoms with Gasteiger partial charge in [0, 0.05) is 13.1 Å². The zero-order chi connectivity index (χ0) is 24.3. The number of carbonyl (C=O) groups is 3. The number of aryl methyl sites for hydroxylation is 2. The molecule has 3 amide bonds. The fraction of sp³-hybridized carbons (Fsp3) is 0.640. The molecule has 0 bridgehead atoms. The van der Waals surface area contributed by atoms with Crippen LogP contribution in [0.3, 0.4) is 0 Å². The molecule has 1 aromatic carbocycles. The number of hydrogen-bond donors (Lipinski definition) is 2. The van der Waals surface area contributed by atoms with Gasteiger partial charge in [0.15, 0.2) is 0 Å². The lowest BCUT2D eigenvalue weighted by Crippen LogP contribution is -2.48. The predicted octanol–water partition coefficient (Wildman–Crippen LogP) is 4.41. The van der Waals surface area contributed by atoms with Crippen molar-refractivity contribution >= 4 is 17.9 Å². The van der Waals surface area contributed by atoms with Gasteiger partial charge in [0.25, 0.3) is 0 Å². The van der Waals surface area contributed by atoms with E-state index in [9.17, 15) is 14.4 Å². The van der Waals surface area contributed by atoms with Crippen LogP contribution in [0.15, 0.2) is 18.2 Å². The number of unbranched alkanes of at least 4 members (excludes halogenated alkanes) is 2. The van der Waals surface area contributed by atoms with Crippen LogP contribution in [0.1, 0.15) is 83.0 Å². The Morgan fingerprint density at radius 3 is 2.28 bits per heavy atom. The SMILES string of the molecule is CCCCCNC(=O)C(c1ccc(C)cc1C)N(CCC)C(=O)CNC(=O)OC(C)(C)C. The first-order chi connectivity index (χ1) is 15.0. The largest absolute Gasteiger partial charge is 0.444 e. The summed E-state index contributed by atoms with van der Waals surface area (Å²) in [7, 11) is 0. The number of nitrogens with one attached hydrogen (secondary N) is 2. The second-order valence-corrected chi connectivity index (χ2v) is 9.20. The van der Waals surface area contributed by atoms with Crippen molar-refractivity contribution in [1.29, 1.82) is 0 Å². The molecule has 1 unspecified atom stereocenters. The number of nitrogens with zero attached hydrogens (tertiary/aromatic N) is 1. The average Bonchev–Trinajstić information content (AvgIpc) is 2.69. The van der Waals surface area contributed by atoms with Crippen LogP contribution in [0.4, 0.5) is 4.79 Å². The Kier molecular flexibility index (Phi) is 11.2. The van der Waals surface area contributed by atoms with Gasteiger partial charge in [-0.15, -0.1) is 0 Å². The summed E-state index contributed by atoms with van der Waals surface area (Å²) >= 11 is 0. The smallest absolute Gasteiger partial charge is 0.408 e. The van der Waals surface area contributed by atoms with Crippen LogP contribution in [-0.4, -0.2) is 48.0 Å². The zero-order valence-electron chi connectivity index (χ0n) is 20.8. The molecule has 0 saturated heterocycles. The molecule has 2 N–H and O–H groups in total. The van der Waals surface area contributed by atoms with E-state index in [0.717, 1.165) is 36.0 Å². The van der Waals surface area contributed by atoms with Gasteiger partial charge in [-0.1, -0.05) is 50.5 Å². The average molecular weight is 448 g/mol. The summed E-state index contributed by atoms with van der Waals surface area (Å²) in [6.45, 7) is 14.0. The maximum Gasteiger partial charge on any atom is 0.408 e. The summed E-state index contributed by atoms with van der Waals surface area (Å²) in [4.78, 5) is 40.0. The lowest BCUT2D eigenvalue weighted by molar-refractivity contribution is -0.140. The number of alkyl carbamates (subject to hydrolysis) is 1. The van der Waals surface area contributed by atoms with Crippen molar-refractivity contribution in [2.24, 2.45) is 0 Å². The summed E-state index contributed by atoms with van der Waals surface area (Å²) in [5, 5.41) is 5.53. The molecular formula is C25H41N3O4. The Hall–Kier alpha value is -2.57. The quantitative estimate of drug-likeness (QED) is 0.492. The van der Waals surface area contributed by atoms with E-state index in [-0.39, 0.29) is 18.4 Å². The second-order valence-electron chi connectivity index (χ2n) is 9.20. The molecule has 7 heteroatoms. The highest BCUT2D eigenvalue weighted by molar-refractivity contribution is 5.90. The van der Waals surface area contributed by atoms with Crippen molar-refractivity contribution in [3.05, 3.63) is 34.9 Å². The lowest BCUT2D eigenvalue weighted by atomic mass is 9.96. The minimum atomic E-state index is -0.759. The highest BCUT2D eigenvalue weighted by atomic mass is 16.6. The van der Waals surface area contributed by atoms with Crippen LogP contribution in [0.2, 0.25) is 0 Å². The summed E-state index contributed by atoms with van der Waals surface area (Å²) < 4.78 is 5.23. The van der Waals surface area contributed by atoms with E-state index in [1.165, 1.54) is 0 Å². The number of rotatable bonds is 11. The van der Waals surface area contributed by atoms with Gasteiger partial charge < -0.3 is 20.3 Å². The lowest BCUT2D eigenvalue weighted by Gasteiger charge is -2.32. The topological polar surface area (TPSA) is 87.7 Å². The fourth-order valence-corrected chi connectivity index (χ4v) is 3.47. The van der Waals surface area contributed by atoms with Gasteiger partial charge in [0.05, 0.1) is 0 Å². The molecule has 0 aliphatic rings. The summed E-state index contributed by atoms with van der Waals surface area (Å²) in [6.07, 6.45) is 3.01. The van der Waals surface area contributed by atoms with Gasteiger partial charge in [-0.3, -0.25) is 9.59 Å². The maximum absolute atomic E-state index is 13.3. The summed E-state index contributed by atoms with van der Waals surface area (Å²) in [5.74, 6) is -0.529. The van der Waals surface area contributed by atoms with Crippen molar-refractivity contribution in [2.45, 2.75) is 85.8 Å². The Morgan fingerprint density at radius 2 is 1.72 bits per heavy atom. The third kappa shape index (κ3) is 9.28. The molecule has 0 aliphatic carbocycles. The minimum Gasteiger partial charge on any atom is -0.444 e. The van der Waals surface area contributed by atoms with Crippen molar-refractivity contribution in [2.75, 3.05) is 19.6 Å². The number of amides is 3. The van der Waals surface area contributed by atoms with Gasteiger partial charge in [0.1, 0.15) is 18.2 Å². The van der Waals surface area contributed by atoms with Crippen LogP contribution in [0, 0.1) is 13.8 Å². The van der Waals surface area contributed by atoms with E-state index in [4.69, 9.17) is 4.74 Å². The minimum absolute atomic E-state index is 0.202. The molecule has 0 heterocycles. The number of hydrogen-bond acceptors (Lipinski definition) is 4. The van der Waals surface area contributed by atoms with Crippen molar-refractivity contribution in [1.82, 2.24) is 15.5 Å². The molecule has 0 saturated carbocycles. The Bertz CT molecular complexity index is 771. The van der Waals surface area contributed by atoms with Gasteiger partial charge in [-0.2, -0.15) is 0 Å². The van der Waals surface area contributed by atoms with Gasteiger partial charge >= 0.3 is 6.09 Å². The molecule has 32 heavy (non-hydrogen) atoms.